The van der Waals surface area contributed by atoms with Crippen molar-refractivity contribution < 1.29 is 31.1 Å². The number of hydrogen-bond acceptors (Lipinski definition) is 4. The SMILES string of the molecule is CCOc1ccc(Cl)cc1S(=O)(=O)N(C)CC(=O)Nc1ccc(C(F)(F)F)cc1. The van der Waals surface area contributed by atoms with Gasteiger partial charge in [-0.2, -0.15) is 17.5 Å². The molecule has 0 aromatic heterocycles. The Bertz CT molecular complexity index is 980. The Labute approximate surface area is 171 Å². The van der Waals surface area contributed by atoms with Crippen LogP contribution in [0.2, 0.25) is 5.02 Å². The Hall–Kier alpha value is -2.30. The first-order valence-corrected chi connectivity index (χ1v) is 10.1. The molecule has 0 bridgehead atoms. The van der Waals surface area contributed by atoms with Crippen LogP contribution in [0.5, 0.6) is 5.75 Å². The van der Waals surface area contributed by atoms with Crippen molar-refractivity contribution in [2.24, 2.45) is 0 Å². The second kappa shape index (κ2) is 9.02. The second-order valence-electron chi connectivity index (χ2n) is 5.91. The highest BCUT2D eigenvalue weighted by Crippen LogP contribution is 2.30. The normalized spacial score (nSPS) is 12.1. The van der Waals surface area contributed by atoms with Crippen molar-refractivity contribution >= 4 is 33.2 Å². The van der Waals surface area contributed by atoms with Crippen molar-refractivity contribution in [3.63, 3.8) is 0 Å². The molecule has 0 spiro atoms. The molecule has 0 aliphatic rings. The smallest absolute Gasteiger partial charge is 0.416 e. The standard InChI is InChI=1S/C18H18ClF3N2O4S/c1-3-28-15-9-6-13(19)10-16(15)29(26,27)24(2)11-17(25)23-14-7-4-12(5-8-14)18(20,21)22/h4-10H,3,11H2,1-2H3,(H,23,25). The predicted molar refractivity (Wildman–Crippen MR) is 103 cm³/mol. The van der Waals surface area contributed by atoms with E-state index in [9.17, 15) is 26.4 Å². The molecule has 2 rings (SSSR count). The minimum Gasteiger partial charge on any atom is -0.492 e. The zero-order chi connectivity index (χ0) is 21.8. The predicted octanol–water partition coefficient (Wildman–Crippen LogP) is 4.02. The lowest BCUT2D eigenvalue weighted by Crippen LogP contribution is -2.35. The van der Waals surface area contributed by atoms with E-state index in [2.05, 4.69) is 5.32 Å². The summed E-state index contributed by atoms with van der Waals surface area (Å²) in [7, 11) is -2.92. The lowest BCUT2D eigenvalue weighted by Gasteiger charge is -2.19. The van der Waals surface area contributed by atoms with E-state index in [0.29, 0.717) is 0 Å². The summed E-state index contributed by atoms with van der Waals surface area (Å²) in [6.07, 6.45) is -4.49. The third kappa shape index (κ3) is 5.84. The Morgan fingerprint density at radius 3 is 2.34 bits per heavy atom. The molecule has 0 fully saturated rings. The molecule has 0 atom stereocenters. The van der Waals surface area contributed by atoms with E-state index in [1.807, 2.05) is 0 Å². The number of benzene rings is 2. The number of halogens is 4. The summed E-state index contributed by atoms with van der Waals surface area (Å²) in [5.41, 5.74) is -0.758. The van der Waals surface area contributed by atoms with Gasteiger partial charge in [-0.3, -0.25) is 4.79 Å². The number of amides is 1. The Morgan fingerprint density at radius 2 is 1.79 bits per heavy atom. The van der Waals surface area contributed by atoms with Gasteiger partial charge in [0.15, 0.2) is 0 Å². The van der Waals surface area contributed by atoms with E-state index in [1.54, 1.807) is 6.92 Å². The summed E-state index contributed by atoms with van der Waals surface area (Å²) in [5, 5.41) is 2.53. The van der Waals surface area contributed by atoms with Gasteiger partial charge in [0.05, 0.1) is 18.7 Å². The summed E-state index contributed by atoms with van der Waals surface area (Å²) in [5.74, 6) is -0.636. The summed E-state index contributed by atoms with van der Waals surface area (Å²) in [4.78, 5) is 12.0. The second-order valence-corrected chi connectivity index (χ2v) is 8.36. The fourth-order valence-electron chi connectivity index (χ4n) is 2.36. The molecule has 2 aromatic carbocycles. The van der Waals surface area contributed by atoms with Gasteiger partial charge in [-0.15, -0.1) is 0 Å². The minimum absolute atomic E-state index is 0.0897. The number of carbonyl (C=O) groups excluding carboxylic acids is 1. The largest absolute Gasteiger partial charge is 0.492 e. The topological polar surface area (TPSA) is 75.7 Å². The summed E-state index contributed by atoms with van der Waals surface area (Å²) < 4.78 is 69.5. The molecule has 1 amide bonds. The average Bonchev–Trinajstić information content (AvgIpc) is 2.62. The Morgan fingerprint density at radius 1 is 1.17 bits per heavy atom. The fourth-order valence-corrected chi connectivity index (χ4v) is 3.87. The molecule has 0 aliphatic carbocycles. The van der Waals surface area contributed by atoms with E-state index < -0.39 is 34.2 Å². The number of alkyl halides is 3. The Balaban J connectivity index is 2.13. The molecule has 29 heavy (non-hydrogen) atoms. The zero-order valence-corrected chi connectivity index (χ0v) is 17.0. The van der Waals surface area contributed by atoms with Crippen LogP contribution in [0.3, 0.4) is 0 Å². The van der Waals surface area contributed by atoms with Gasteiger partial charge in [0.25, 0.3) is 0 Å². The van der Waals surface area contributed by atoms with Crippen molar-refractivity contribution in [1.82, 2.24) is 4.31 Å². The van der Waals surface area contributed by atoms with E-state index >= 15 is 0 Å². The maximum atomic E-state index is 12.8. The van der Waals surface area contributed by atoms with Gasteiger partial charge in [0.1, 0.15) is 10.6 Å². The number of likely N-dealkylation sites (N-methyl/N-ethyl adjacent to an activating group) is 1. The molecule has 0 saturated heterocycles. The monoisotopic (exact) mass is 450 g/mol. The summed E-state index contributed by atoms with van der Waals surface area (Å²) in [6.45, 7) is 1.34. The lowest BCUT2D eigenvalue weighted by molar-refractivity contribution is -0.137. The van der Waals surface area contributed by atoms with Crippen molar-refractivity contribution in [1.29, 1.82) is 0 Å². The number of carbonyl (C=O) groups is 1. The van der Waals surface area contributed by atoms with E-state index in [0.717, 1.165) is 28.6 Å². The molecule has 0 heterocycles. The lowest BCUT2D eigenvalue weighted by atomic mass is 10.2. The summed E-state index contributed by atoms with van der Waals surface area (Å²) in [6, 6.07) is 7.90. The third-order valence-electron chi connectivity index (χ3n) is 3.76. The van der Waals surface area contributed by atoms with Crippen LogP contribution in [0.25, 0.3) is 0 Å². The van der Waals surface area contributed by atoms with E-state index in [4.69, 9.17) is 16.3 Å². The van der Waals surface area contributed by atoms with Crippen LogP contribution in [0.4, 0.5) is 18.9 Å². The molecule has 0 saturated carbocycles. The maximum absolute atomic E-state index is 12.8. The van der Waals surface area contributed by atoms with Crippen LogP contribution >= 0.6 is 11.6 Å². The van der Waals surface area contributed by atoms with E-state index in [-0.39, 0.29) is 28.0 Å². The van der Waals surface area contributed by atoms with Crippen LogP contribution in [0.1, 0.15) is 12.5 Å². The zero-order valence-electron chi connectivity index (χ0n) is 15.5. The summed E-state index contributed by atoms with van der Waals surface area (Å²) >= 11 is 5.89. The average molecular weight is 451 g/mol. The van der Waals surface area contributed by atoms with Crippen molar-refractivity contribution in [2.75, 3.05) is 25.5 Å². The number of sulfonamides is 1. The van der Waals surface area contributed by atoms with Gasteiger partial charge >= 0.3 is 6.18 Å². The van der Waals surface area contributed by atoms with Crippen LogP contribution in [-0.4, -0.2) is 38.8 Å². The van der Waals surface area contributed by atoms with Crippen molar-refractivity contribution in [3.8, 4) is 5.75 Å². The van der Waals surface area contributed by atoms with Gasteiger partial charge in [0.2, 0.25) is 15.9 Å². The molecular weight excluding hydrogens is 433 g/mol. The quantitative estimate of drug-likeness (QED) is 0.691. The molecule has 158 valence electrons. The molecule has 1 N–H and O–H groups in total. The highest BCUT2D eigenvalue weighted by atomic mass is 35.5. The number of nitrogens with zero attached hydrogens (tertiary/aromatic N) is 1. The first-order valence-electron chi connectivity index (χ1n) is 8.31. The van der Waals surface area contributed by atoms with Crippen molar-refractivity contribution in [3.05, 3.63) is 53.1 Å². The third-order valence-corrected chi connectivity index (χ3v) is 5.82. The van der Waals surface area contributed by atoms with Gasteiger partial charge in [-0.1, -0.05) is 11.6 Å². The molecular formula is C18H18ClF3N2O4S. The van der Waals surface area contributed by atoms with Crippen LogP contribution in [0, 0.1) is 0 Å². The van der Waals surface area contributed by atoms with Crippen molar-refractivity contribution in [2.45, 2.75) is 18.0 Å². The number of rotatable bonds is 7. The van der Waals surface area contributed by atoms with Gasteiger partial charge in [-0.05, 0) is 49.4 Å². The number of ether oxygens (including phenoxy) is 1. The number of hydrogen-bond donors (Lipinski definition) is 1. The van der Waals surface area contributed by atoms with Crippen LogP contribution < -0.4 is 10.1 Å². The van der Waals surface area contributed by atoms with Crippen LogP contribution in [-0.2, 0) is 21.0 Å². The maximum Gasteiger partial charge on any atom is 0.416 e. The molecule has 6 nitrogen and oxygen atoms in total. The molecule has 0 aliphatic heterocycles. The minimum atomic E-state index is -4.49. The highest BCUT2D eigenvalue weighted by molar-refractivity contribution is 7.89. The molecule has 2 aromatic rings. The first-order chi connectivity index (χ1) is 13.4. The first kappa shape index (κ1) is 23.0. The van der Waals surface area contributed by atoms with Gasteiger partial charge in [0, 0.05) is 17.8 Å². The Kier molecular flexibility index (Phi) is 7.15. The van der Waals surface area contributed by atoms with E-state index in [1.165, 1.54) is 25.2 Å². The van der Waals surface area contributed by atoms with Gasteiger partial charge < -0.3 is 10.1 Å². The highest BCUT2D eigenvalue weighted by Gasteiger charge is 2.30. The van der Waals surface area contributed by atoms with Gasteiger partial charge in [-0.25, -0.2) is 8.42 Å². The number of nitrogens with one attached hydrogen (secondary N) is 1. The fraction of sp³-hybridized carbons (Fsp3) is 0.278. The molecule has 11 heteroatoms. The van der Waals surface area contributed by atoms with Crippen LogP contribution in [0.15, 0.2) is 47.4 Å². The number of anilines is 1. The molecule has 0 radical (unpaired) electrons. The molecule has 0 unspecified atom stereocenters.